The molecule has 2 aliphatic rings. The van der Waals surface area contributed by atoms with Crippen LogP contribution in [0.1, 0.15) is 57.8 Å². The maximum atomic E-state index is 12.2. The minimum Gasteiger partial charge on any atom is -0.339 e. The summed E-state index contributed by atoms with van der Waals surface area (Å²) in [6.45, 7) is 1.00. The first-order chi connectivity index (χ1) is 8.33. The summed E-state index contributed by atoms with van der Waals surface area (Å²) in [5.74, 6) is 1.86. The van der Waals surface area contributed by atoms with Gasteiger partial charge in [-0.15, -0.1) is 11.6 Å². The van der Waals surface area contributed by atoms with Gasteiger partial charge in [0.05, 0.1) is 0 Å². The van der Waals surface area contributed by atoms with Crippen LogP contribution in [0.3, 0.4) is 0 Å². The van der Waals surface area contributed by atoms with E-state index in [2.05, 4.69) is 4.90 Å². The first-order valence-corrected chi connectivity index (χ1v) is 7.72. The van der Waals surface area contributed by atoms with Crippen LogP contribution >= 0.6 is 11.6 Å². The van der Waals surface area contributed by atoms with E-state index in [0.29, 0.717) is 24.2 Å². The molecule has 98 valence electrons. The van der Waals surface area contributed by atoms with E-state index in [-0.39, 0.29) is 0 Å². The Hall–Kier alpha value is -0.240. The molecule has 2 fully saturated rings. The average molecular weight is 258 g/mol. The van der Waals surface area contributed by atoms with Crippen molar-refractivity contribution in [2.45, 2.75) is 63.8 Å². The van der Waals surface area contributed by atoms with Crippen LogP contribution in [0, 0.1) is 5.92 Å². The smallest absolute Gasteiger partial charge is 0.222 e. The zero-order valence-corrected chi connectivity index (χ0v) is 11.4. The van der Waals surface area contributed by atoms with Crippen LogP contribution in [-0.4, -0.2) is 29.3 Å². The number of rotatable bonds is 4. The lowest BCUT2D eigenvalue weighted by molar-refractivity contribution is -0.137. The quantitative estimate of drug-likeness (QED) is 0.557. The molecule has 0 unspecified atom stereocenters. The predicted molar refractivity (Wildman–Crippen MR) is 71.3 cm³/mol. The van der Waals surface area contributed by atoms with Crippen LogP contribution in [0.15, 0.2) is 0 Å². The van der Waals surface area contributed by atoms with E-state index in [0.717, 1.165) is 25.3 Å². The molecule has 0 bridgehead atoms. The number of hydrogen-bond donors (Lipinski definition) is 0. The van der Waals surface area contributed by atoms with Crippen molar-refractivity contribution in [3.63, 3.8) is 0 Å². The maximum absolute atomic E-state index is 12.2. The van der Waals surface area contributed by atoms with Crippen molar-refractivity contribution in [1.82, 2.24) is 4.90 Å². The Morgan fingerprint density at radius 2 is 1.88 bits per heavy atom. The van der Waals surface area contributed by atoms with Gasteiger partial charge in [0.25, 0.3) is 0 Å². The zero-order chi connectivity index (χ0) is 12.1. The van der Waals surface area contributed by atoms with Gasteiger partial charge in [-0.1, -0.05) is 12.8 Å². The average Bonchev–Trinajstić information content (AvgIpc) is 2.38. The van der Waals surface area contributed by atoms with Gasteiger partial charge < -0.3 is 4.90 Å². The standard InChI is InChI=1S/C14H24ClNO/c15-10-4-3-9-14(17)16-11-5-7-12-6-1-2-8-13(12)16/h12-13H,1-11H2/t12-,13-/m1/s1. The Bertz CT molecular complexity index is 255. The largest absolute Gasteiger partial charge is 0.339 e. The predicted octanol–water partition coefficient (Wildman–Crippen LogP) is 3.58. The summed E-state index contributed by atoms with van der Waals surface area (Å²) in [4.78, 5) is 14.4. The highest BCUT2D eigenvalue weighted by atomic mass is 35.5. The van der Waals surface area contributed by atoms with E-state index in [1.807, 2.05) is 0 Å². The molecule has 2 rings (SSSR count). The Kier molecular flexibility index (Phi) is 5.15. The number of halogens is 1. The van der Waals surface area contributed by atoms with Gasteiger partial charge in [0.15, 0.2) is 0 Å². The van der Waals surface area contributed by atoms with E-state index in [4.69, 9.17) is 11.6 Å². The second-order valence-electron chi connectivity index (χ2n) is 5.49. The molecule has 1 saturated carbocycles. The molecule has 0 N–H and O–H groups in total. The number of carbonyl (C=O) groups excluding carboxylic acids is 1. The Morgan fingerprint density at radius 1 is 1.12 bits per heavy atom. The number of amides is 1. The minimum atomic E-state index is 0.381. The van der Waals surface area contributed by atoms with E-state index in [1.54, 1.807) is 0 Å². The summed E-state index contributed by atoms with van der Waals surface area (Å²) in [6, 6.07) is 0.570. The van der Waals surface area contributed by atoms with Crippen LogP contribution in [0.25, 0.3) is 0 Å². The van der Waals surface area contributed by atoms with Crippen LogP contribution in [0.5, 0.6) is 0 Å². The Morgan fingerprint density at radius 3 is 2.71 bits per heavy atom. The van der Waals surface area contributed by atoms with E-state index in [9.17, 15) is 4.79 Å². The second kappa shape index (κ2) is 6.63. The van der Waals surface area contributed by atoms with Gasteiger partial charge in [0, 0.05) is 24.9 Å². The fourth-order valence-corrected chi connectivity index (χ4v) is 3.64. The highest BCUT2D eigenvalue weighted by Crippen LogP contribution is 2.35. The third kappa shape index (κ3) is 3.37. The van der Waals surface area contributed by atoms with E-state index in [1.165, 1.54) is 38.5 Å². The van der Waals surface area contributed by atoms with Gasteiger partial charge >= 0.3 is 0 Å². The monoisotopic (exact) mass is 257 g/mol. The van der Waals surface area contributed by atoms with Crippen molar-refractivity contribution in [1.29, 1.82) is 0 Å². The SMILES string of the molecule is O=C(CCCCCl)N1CCC[C@H]2CCCC[C@H]21. The summed E-state index contributed by atoms with van der Waals surface area (Å²) in [6.07, 6.45) is 10.4. The number of unbranched alkanes of at least 4 members (excludes halogenated alkanes) is 1. The molecule has 1 aliphatic heterocycles. The summed E-state index contributed by atoms with van der Waals surface area (Å²) in [5, 5.41) is 0. The highest BCUT2D eigenvalue weighted by molar-refractivity contribution is 6.17. The molecule has 2 nitrogen and oxygen atoms in total. The highest BCUT2D eigenvalue weighted by Gasteiger charge is 2.35. The first-order valence-electron chi connectivity index (χ1n) is 7.18. The lowest BCUT2D eigenvalue weighted by Crippen LogP contribution is -2.49. The van der Waals surface area contributed by atoms with Crippen molar-refractivity contribution in [2.24, 2.45) is 5.92 Å². The maximum Gasteiger partial charge on any atom is 0.222 e. The summed E-state index contributed by atoms with van der Waals surface area (Å²) in [7, 11) is 0. The molecular formula is C14H24ClNO. The molecule has 0 radical (unpaired) electrons. The molecule has 3 heteroatoms. The third-order valence-corrected chi connectivity index (χ3v) is 4.61. The number of likely N-dealkylation sites (tertiary alicyclic amines) is 1. The summed E-state index contributed by atoms with van der Waals surface area (Å²) in [5.41, 5.74) is 0. The number of carbonyl (C=O) groups is 1. The van der Waals surface area contributed by atoms with Crippen LogP contribution in [0.4, 0.5) is 0 Å². The Balaban J connectivity index is 1.87. The first kappa shape index (κ1) is 13.2. The van der Waals surface area contributed by atoms with Gasteiger partial charge in [-0.3, -0.25) is 4.79 Å². The molecule has 1 amide bonds. The molecule has 17 heavy (non-hydrogen) atoms. The van der Waals surface area contributed by atoms with Gasteiger partial charge in [0.1, 0.15) is 0 Å². The van der Waals surface area contributed by atoms with Crippen LogP contribution < -0.4 is 0 Å². The number of hydrogen-bond acceptors (Lipinski definition) is 1. The molecule has 1 saturated heterocycles. The van der Waals surface area contributed by atoms with Crippen LogP contribution in [0.2, 0.25) is 0 Å². The normalized spacial score (nSPS) is 28.9. The van der Waals surface area contributed by atoms with Gasteiger partial charge in [-0.2, -0.15) is 0 Å². The number of nitrogens with zero attached hydrogens (tertiary/aromatic N) is 1. The minimum absolute atomic E-state index is 0.381. The lowest BCUT2D eigenvalue weighted by atomic mass is 9.78. The summed E-state index contributed by atoms with van der Waals surface area (Å²) < 4.78 is 0. The van der Waals surface area contributed by atoms with Crippen molar-refractivity contribution in [2.75, 3.05) is 12.4 Å². The third-order valence-electron chi connectivity index (χ3n) is 4.34. The van der Waals surface area contributed by atoms with Gasteiger partial charge in [-0.25, -0.2) is 0 Å². The molecule has 1 aliphatic carbocycles. The number of fused-ring (bicyclic) bond motifs is 1. The van der Waals surface area contributed by atoms with Crippen molar-refractivity contribution in [3.05, 3.63) is 0 Å². The molecular weight excluding hydrogens is 234 g/mol. The van der Waals surface area contributed by atoms with Crippen LogP contribution in [-0.2, 0) is 4.79 Å². The van der Waals surface area contributed by atoms with E-state index >= 15 is 0 Å². The van der Waals surface area contributed by atoms with Crippen molar-refractivity contribution in [3.8, 4) is 0 Å². The molecule has 0 aromatic heterocycles. The number of piperidine rings is 1. The molecule has 0 spiro atoms. The Labute approximate surface area is 110 Å². The van der Waals surface area contributed by atoms with Crippen molar-refractivity contribution < 1.29 is 4.79 Å². The zero-order valence-electron chi connectivity index (χ0n) is 10.7. The van der Waals surface area contributed by atoms with E-state index < -0.39 is 0 Å². The van der Waals surface area contributed by atoms with Crippen molar-refractivity contribution >= 4 is 17.5 Å². The number of alkyl halides is 1. The molecule has 1 heterocycles. The fourth-order valence-electron chi connectivity index (χ4n) is 3.45. The summed E-state index contributed by atoms with van der Waals surface area (Å²) >= 11 is 5.66. The van der Waals surface area contributed by atoms with Gasteiger partial charge in [-0.05, 0) is 44.4 Å². The van der Waals surface area contributed by atoms with Gasteiger partial charge in [0.2, 0.25) is 5.91 Å². The molecule has 0 aromatic carbocycles. The topological polar surface area (TPSA) is 20.3 Å². The second-order valence-corrected chi connectivity index (χ2v) is 5.87. The molecule has 0 aromatic rings. The fraction of sp³-hybridized carbons (Fsp3) is 0.929. The molecule has 2 atom stereocenters. The lowest BCUT2D eigenvalue weighted by Gasteiger charge is -2.44.